The highest BCUT2D eigenvalue weighted by atomic mass is 35.5. The van der Waals surface area contributed by atoms with Crippen molar-refractivity contribution in [2.75, 3.05) is 18.4 Å². The third-order valence-corrected chi connectivity index (χ3v) is 4.97. The van der Waals surface area contributed by atoms with Crippen LogP contribution in [0.5, 0.6) is 0 Å². The Labute approximate surface area is 168 Å². The van der Waals surface area contributed by atoms with Gasteiger partial charge in [0.2, 0.25) is 5.91 Å². The number of pyridine rings is 2. The molecule has 8 heteroatoms. The smallest absolute Gasteiger partial charge is 0.245 e. The molecule has 1 fully saturated rings. The molecule has 7 nitrogen and oxygen atoms in total. The van der Waals surface area contributed by atoms with Gasteiger partial charge in [-0.2, -0.15) is 0 Å². The number of carbonyl (C=O) groups excluding carboxylic acids is 1. The van der Waals surface area contributed by atoms with Crippen molar-refractivity contribution in [3.8, 4) is 11.3 Å². The monoisotopic (exact) mass is 395 g/mol. The topological polar surface area (TPSA) is 83.9 Å². The first-order chi connectivity index (χ1) is 14.0. The van der Waals surface area contributed by atoms with Crippen LogP contribution < -0.4 is 5.32 Å². The Morgan fingerprint density at radius 2 is 2.11 bits per heavy atom. The number of carbonyl (C=O) groups is 1. The molecule has 1 amide bonds. The number of hydrogen-bond donors (Lipinski definition) is 1. The van der Waals surface area contributed by atoms with Gasteiger partial charge in [0.25, 0.3) is 0 Å². The van der Waals surface area contributed by atoms with E-state index in [-0.39, 0.29) is 23.1 Å². The molecule has 142 valence electrons. The Morgan fingerprint density at radius 3 is 2.86 bits per heavy atom. The molecule has 0 bridgehead atoms. The summed E-state index contributed by atoms with van der Waals surface area (Å²) in [5, 5.41) is 3.60. The summed E-state index contributed by atoms with van der Waals surface area (Å²) in [4.78, 5) is 31.0. The summed E-state index contributed by atoms with van der Waals surface area (Å²) in [6, 6.07) is 5.67. The van der Waals surface area contributed by atoms with Crippen LogP contribution >= 0.6 is 11.6 Å². The van der Waals surface area contributed by atoms with E-state index in [1.165, 1.54) is 12.4 Å². The summed E-state index contributed by atoms with van der Waals surface area (Å²) in [5.41, 5.74) is 2.74. The van der Waals surface area contributed by atoms with Crippen LogP contribution in [0.1, 0.15) is 14.2 Å². The lowest BCUT2D eigenvalue weighted by atomic mass is 10.0. The lowest BCUT2D eigenvalue weighted by molar-refractivity contribution is -0.126. The lowest BCUT2D eigenvalue weighted by Gasteiger charge is -2.32. The fraction of sp³-hybridized carbons (Fsp3) is 0.250. The van der Waals surface area contributed by atoms with Gasteiger partial charge in [0.15, 0.2) is 5.82 Å². The van der Waals surface area contributed by atoms with Gasteiger partial charge in [-0.05, 0) is 43.2 Å². The number of nitrogens with one attached hydrogen (secondary N) is 1. The predicted molar refractivity (Wildman–Crippen MR) is 109 cm³/mol. The second kappa shape index (κ2) is 7.90. The fourth-order valence-electron chi connectivity index (χ4n) is 3.25. The molecule has 28 heavy (non-hydrogen) atoms. The molecule has 0 aromatic carbocycles. The van der Waals surface area contributed by atoms with Gasteiger partial charge >= 0.3 is 0 Å². The molecule has 0 spiro atoms. The van der Waals surface area contributed by atoms with Gasteiger partial charge < -0.3 is 10.2 Å². The first-order valence-electron chi connectivity index (χ1n) is 9.47. The summed E-state index contributed by atoms with van der Waals surface area (Å²) in [7, 11) is 0. The minimum absolute atomic E-state index is 0.0346. The van der Waals surface area contributed by atoms with E-state index in [9.17, 15) is 4.79 Å². The van der Waals surface area contributed by atoms with E-state index in [0.717, 1.165) is 18.4 Å². The van der Waals surface area contributed by atoms with Crippen molar-refractivity contribution >= 4 is 34.4 Å². The van der Waals surface area contributed by atoms with Crippen LogP contribution in [0.25, 0.3) is 22.3 Å². The van der Waals surface area contributed by atoms with Crippen LogP contribution in [-0.4, -0.2) is 49.9 Å². The highest BCUT2D eigenvalue weighted by Crippen LogP contribution is 2.25. The molecular weight excluding hydrogens is 376 g/mol. The molecule has 3 aromatic rings. The largest absolute Gasteiger partial charge is 0.365 e. The summed E-state index contributed by atoms with van der Waals surface area (Å²) >= 11 is 5.86. The maximum absolute atomic E-state index is 11.8. The summed E-state index contributed by atoms with van der Waals surface area (Å²) in [6.45, 7) is 4.89. The molecule has 0 unspecified atom stereocenters. The fourth-order valence-corrected chi connectivity index (χ4v) is 3.35. The first-order valence-corrected chi connectivity index (χ1v) is 9.35. The van der Waals surface area contributed by atoms with Crippen molar-refractivity contribution < 1.29 is 6.17 Å². The molecule has 0 saturated carbocycles. The molecule has 4 rings (SSSR count). The van der Waals surface area contributed by atoms with E-state index < -0.39 is 0 Å². The summed E-state index contributed by atoms with van der Waals surface area (Å²) in [6.07, 6.45) is 6.08. The number of piperidine rings is 1. The first kappa shape index (κ1) is 17.1. The number of amides is 1. The lowest BCUT2D eigenvalue weighted by Crippen LogP contribution is -2.41. The normalized spacial score (nSPS) is 15.3. The van der Waals surface area contributed by atoms with Gasteiger partial charge in [0.05, 0.1) is 12.6 Å². The number of likely N-dealkylation sites (tertiary alicyclic amines) is 1. The molecule has 0 aliphatic carbocycles. The molecule has 0 radical (unpaired) electrons. The van der Waals surface area contributed by atoms with Crippen molar-refractivity contribution in [2.45, 2.75) is 18.9 Å². The number of rotatable bonds is 4. The average molecular weight is 396 g/mol. The number of hydrogen-bond acceptors (Lipinski definition) is 6. The highest BCUT2D eigenvalue weighted by molar-refractivity contribution is 6.29. The molecule has 3 aromatic heterocycles. The molecule has 4 heterocycles. The third-order valence-electron chi connectivity index (χ3n) is 4.76. The zero-order valence-electron chi connectivity index (χ0n) is 16.1. The highest BCUT2D eigenvalue weighted by Gasteiger charge is 2.22. The van der Waals surface area contributed by atoms with E-state index in [4.69, 9.17) is 18.0 Å². The van der Waals surface area contributed by atoms with Crippen molar-refractivity contribution in [2.24, 2.45) is 0 Å². The maximum atomic E-state index is 11.8. The molecular formula is C20H19ClN6O. The molecule has 1 N–H and O–H groups in total. The number of anilines is 1. The van der Waals surface area contributed by atoms with Gasteiger partial charge in [0.1, 0.15) is 17.0 Å². The second-order valence-corrected chi connectivity index (χ2v) is 6.89. The van der Waals surface area contributed by atoms with Gasteiger partial charge in [-0.25, -0.2) is 19.9 Å². The molecule has 1 aliphatic heterocycles. The van der Waals surface area contributed by atoms with Gasteiger partial charge in [-0.3, -0.25) is 4.79 Å². The Balaban J connectivity index is 1.59. The predicted octanol–water partition coefficient (Wildman–Crippen LogP) is 3.33. The Bertz CT molecular complexity index is 1080. The number of nitrogens with zero attached hydrogens (tertiary/aromatic N) is 5. The van der Waals surface area contributed by atoms with Gasteiger partial charge in [-0.1, -0.05) is 18.2 Å². The number of aromatic nitrogens is 4. The van der Waals surface area contributed by atoms with Crippen LogP contribution in [-0.2, 0) is 4.79 Å². The average Bonchev–Trinajstić information content (AvgIpc) is 2.75. The Morgan fingerprint density at radius 1 is 1.29 bits per heavy atom. The zero-order chi connectivity index (χ0) is 20.4. The van der Waals surface area contributed by atoms with Crippen LogP contribution in [0.3, 0.4) is 0 Å². The van der Waals surface area contributed by atoms with E-state index >= 15 is 0 Å². The van der Waals surface area contributed by atoms with E-state index in [2.05, 4.69) is 26.8 Å². The minimum Gasteiger partial charge on any atom is -0.365 e. The standard InChI is InChI=1S/C20H19ClN6O/c1-2-18(28)27-9-7-14(8-10-27)25-20-19-16(23-12-24-20)5-4-15(26-19)13-3-6-17(21)22-11-13/h2-6,11-12,14H,1,7-10H2,(H,23,24,25)/i6D. The van der Waals surface area contributed by atoms with E-state index in [1.807, 2.05) is 12.1 Å². The Hall–Kier alpha value is -3.06. The quantitative estimate of drug-likeness (QED) is 0.538. The minimum atomic E-state index is -0.0346. The molecule has 1 aliphatic rings. The van der Waals surface area contributed by atoms with Crippen LogP contribution in [0.2, 0.25) is 5.15 Å². The van der Waals surface area contributed by atoms with E-state index in [0.29, 0.717) is 35.7 Å². The van der Waals surface area contributed by atoms with E-state index in [1.54, 1.807) is 17.2 Å². The summed E-state index contributed by atoms with van der Waals surface area (Å²) in [5.74, 6) is 0.617. The van der Waals surface area contributed by atoms with Crippen LogP contribution in [0.4, 0.5) is 5.82 Å². The third kappa shape index (κ3) is 3.80. The van der Waals surface area contributed by atoms with Crippen molar-refractivity contribution in [1.29, 1.82) is 0 Å². The van der Waals surface area contributed by atoms with Crippen molar-refractivity contribution in [3.63, 3.8) is 0 Å². The zero-order valence-corrected chi connectivity index (χ0v) is 15.9. The number of fused-ring (bicyclic) bond motifs is 1. The Kier molecular flexibility index (Phi) is 4.81. The van der Waals surface area contributed by atoms with Crippen LogP contribution in [0.15, 0.2) is 49.4 Å². The van der Waals surface area contributed by atoms with Gasteiger partial charge in [0, 0.05) is 30.9 Å². The van der Waals surface area contributed by atoms with Crippen molar-refractivity contribution in [3.05, 3.63) is 54.6 Å². The summed E-state index contributed by atoms with van der Waals surface area (Å²) < 4.78 is 7.85. The SMILES string of the molecule is [2H]c1cc(-c2ccc3ncnc(NC4CCN(C(=O)C=C)CC4)c3n2)cnc1Cl. The van der Waals surface area contributed by atoms with Gasteiger partial charge in [-0.15, -0.1) is 0 Å². The second-order valence-electron chi connectivity index (χ2n) is 6.53. The maximum Gasteiger partial charge on any atom is 0.245 e. The van der Waals surface area contributed by atoms with Crippen molar-refractivity contribution in [1.82, 2.24) is 24.8 Å². The van der Waals surface area contributed by atoms with Crippen LogP contribution in [0, 0.1) is 0 Å². The molecule has 1 saturated heterocycles. The molecule has 0 atom stereocenters. The number of halogens is 1.